The molecule has 1 fully saturated rings. The maximum atomic E-state index is 10.6. The maximum absolute atomic E-state index is 10.6. The van der Waals surface area contributed by atoms with E-state index in [9.17, 15) is 5.11 Å². The molecule has 2 aliphatic rings. The second-order valence-electron chi connectivity index (χ2n) is 7.12. The van der Waals surface area contributed by atoms with E-state index < -0.39 is 5.60 Å². The van der Waals surface area contributed by atoms with Gasteiger partial charge < -0.3 is 10.4 Å². The third-order valence-electron chi connectivity index (χ3n) is 4.89. The lowest BCUT2D eigenvalue weighted by Crippen LogP contribution is -2.48. The molecule has 0 aromatic carbocycles. The van der Waals surface area contributed by atoms with E-state index in [0.29, 0.717) is 12.0 Å². The Morgan fingerprint density at radius 2 is 2.10 bits per heavy atom. The molecule has 1 aliphatic heterocycles. The standard InChI is InChI=1S/C16H28N4O/c1-12(2)15-18-14-7-6-13(10-20(14)19-15)17-11-16(21)8-4-3-5-9-16/h12-13,17,21H,3-11H2,1-2H3/t13-/m1/s1. The smallest absolute Gasteiger partial charge is 0.153 e. The van der Waals surface area contributed by atoms with E-state index in [4.69, 9.17) is 0 Å². The SMILES string of the molecule is CC(C)c1nc2n(n1)C[C@H](NCC1(O)CCCCC1)CC2. The Morgan fingerprint density at radius 3 is 2.81 bits per heavy atom. The van der Waals surface area contributed by atoms with Gasteiger partial charge in [0.1, 0.15) is 5.82 Å². The molecule has 1 aromatic rings. The highest BCUT2D eigenvalue weighted by Crippen LogP contribution is 2.27. The Labute approximate surface area is 127 Å². The van der Waals surface area contributed by atoms with Crippen LogP contribution < -0.4 is 5.32 Å². The van der Waals surface area contributed by atoms with Crippen molar-refractivity contribution in [2.24, 2.45) is 0 Å². The highest BCUT2D eigenvalue weighted by molar-refractivity contribution is 5.01. The van der Waals surface area contributed by atoms with Gasteiger partial charge in [0.2, 0.25) is 0 Å². The fourth-order valence-corrected chi connectivity index (χ4v) is 3.46. The molecule has 5 heteroatoms. The minimum absolute atomic E-state index is 0.387. The quantitative estimate of drug-likeness (QED) is 0.891. The van der Waals surface area contributed by atoms with Crippen LogP contribution in [0.4, 0.5) is 0 Å². The number of nitrogens with one attached hydrogen (secondary N) is 1. The van der Waals surface area contributed by atoms with Crippen LogP contribution in [0, 0.1) is 0 Å². The second kappa shape index (κ2) is 6.05. The summed E-state index contributed by atoms with van der Waals surface area (Å²) in [6.07, 6.45) is 7.55. The highest BCUT2D eigenvalue weighted by Gasteiger charge is 2.30. The number of fused-ring (bicyclic) bond motifs is 1. The zero-order valence-corrected chi connectivity index (χ0v) is 13.3. The number of rotatable bonds is 4. The van der Waals surface area contributed by atoms with Crippen molar-refractivity contribution >= 4 is 0 Å². The average Bonchev–Trinajstić information content (AvgIpc) is 2.89. The Hall–Kier alpha value is -0.940. The van der Waals surface area contributed by atoms with E-state index in [2.05, 4.69) is 33.9 Å². The summed E-state index contributed by atoms with van der Waals surface area (Å²) in [6, 6.07) is 0.408. The summed E-state index contributed by atoms with van der Waals surface area (Å²) in [5.74, 6) is 2.46. The second-order valence-corrected chi connectivity index (χ2v) is 7.12. The minimum atomic E-state index is -0.482. The first-order chi connectivity index (χ1) is 10.1. The summed E-state index contributed by atoms with van der Waals surface area (Å²) in [5, 5.41) is 18.8. The fraction of sp³-hybridized carbons (Fsp3) is 0.875. The molecule has 3 rings (SSSR count). The van der Waals surface area contributed by atoms with Crippen LogP contribution in [0.2, 0.25) is 0 Å². The van der Waals surface area contributed by atoms with Crippen LogP contribution in [0.3, 0.4) is 0 Å². The van der Waals surface area contributed by atoms with Crippen LogP contribution >= 0.6 is 0 Å². The number of aromatic nitrogens is 3. The van der Waals surface area contributed by atoms with E-state index >= 15 is 0 Å². The normalized spacial score (nSPS) is 25.0. The maximum Gasteiger partial charge on any atom is 0.153 e. The van der Waals surface area contributed by atoms with E-state index in [1.807, 2.05) is 0 Å². The van der Waals surface area contributed by atoms with Crippen LogP contribution in [-0.2, 0) is 13.0 Å². The fourth-order valence-electron chi connectivity index (χ4n) is 3.46. The first kappa shape index (κ1) is 15.0. The Kier molecular flexibility index (Phi) is 4.31. The van der Waals surface area contributed by atoms with Crippen molar-refractivity contribution in [2.45, 2.75) is 82.9 Å². The van der Waals surface area contributed by atoms with Crippen molar-refractivity contribution < 1.29 is 5.11 Å². The van der Waals surface area contributed by atoms with Crippen molar-refractivity contribution in [1.82, 2.24) is 20.1 Å². The number of nitrogens with zero attached hydrogens (tertiary/aromatic N) is 3. The third kappa shape index (κ3) is 3.46. The molecule has 118 valence electrons. The summed E-state index contributed by atoms with van der Waals surface area (Å²) >= 11 is 0. The van der Waals surface area contributed by atoms with Gasteiger partial charge in [-0.25, -0.2) is 9.67 Å². The summed E-state index contributed by atoms with van der Waals surface area (Å²) in [7, 11) is 0. The molecule has 5 nitrogen and oxygen atoms in total. The van der Waals surface area contributed by atoms with E-state index in [0.717, 1.165) is 63.3 Å². The average molecular weight is 292 g/mol. The topological polar surface area (TPSA) is 63.0 Å². The Morgan fingerprint density at radius 1 is 1.33 bits per heavy atom. The zero-order chi connectivity index (χ0) is 14.9. The van der Waals surface area contributed by atoms with Crippen LogP contribution in [0.25, 0.3) is 0 Å². The number of aryl methyl sites for hydroxylation is 1. The van der Waals surface area contributed by atoms with Gasteiger partial charge in [-0.1, -0.05) is 33.1 Å². The monoisotopic (exact) mass is 292 g/mol. The minimum Gasteiger partial charge on any atom is -0.389 e. The van der Waals surface area contributed by atoms with Gasteiger partial charge in [-0.15, -0.1) is 0 Å². The van der Waals surface area contributed by atoms with Gasteiger partial charge in [0.15, 0.2) is 5.82 Å². The van der Waals surface area contributed by atoms with Crippen molar-refractivity contribution in [2.75, 3.05) is 6.54 Å². The van der Waals surface area contributed by atoms with Gasteiger partial charge in [-0.05, 0) is 19.3 Å². The van der Waals surface area contributed by atoms with Gasteiger partial charge in [-0.2, -0.15) is 5.10 Å². The van der Waals surface area contributed by atoms with Gasteiger partial charge in [0.05, 0.1) is 12.1 Å². The van der Waals surface area contributed by atoms with E-state index in [1.165, 1.54) is 6.42 Å². The number of aliphatic hydroxyl groups is 1. The molecule has 0 spiro atoms. The summed E-state index contributed by atoms with van der Waals surface area (Å²) < 4.78 is 2.06. The first-order valence-electron chi connectivity index (χ1n) is 8.45. The molecule has 1 aliphatic carbocycles. The molecular weight excluding hydrogens is 264 g/mol. The van der Waals surface area contributed by atoms with Crippen LogP contribution in [0.5, 0.6) is 0 Å². The summed E-state index contributed by atoms with van der Waals surface area (Å²) in [4.78, 5) is 4.62. The van der Waals surface area contributed by atoms with Gasteiger partial charge >= 0.3 is 0 Å². The van der Waals surface area contributed by atoms with Crippen LogP contribution in [0.1, 0.15) is 69.9 Å². The predicted molar refractivity (Wildman–Crippen MR) is 82.3 cm³/mol. The molecule has 0 radical (unpaired) electrons. The summed E-state index contributed by atoms with van der Waals surface area (Å²) in [6.45, 7) is 5.87. The lowest BCUT2D eigenvalue weighted by Gasteiger charge is -2.34. The molecule has 1 atom stereocenters. The van der Waals surface area contributed by atoms with Crippen molar-refractivity contribution in [3.8, 4) is 0 Å². The molecule has 0 saturated heterocycles. The number of hydrogen-bond acceptors (Lipinski definition) is 4. The molecule has 2 N–H and O–H groups in total. The molecule has 1 aromatic heterocycles. The number of hydrogen-bond donors (Lipinski definition) is 2. The van der Waals surface area contributed by atoms with Crippen LogP contribution in [0.15, 0.2) is 0 Å². The molecule has 1 saturated carbocycles. The van der Waals surface area contributed by atoms with Gasteiger partial charge in [-0.3, -0.25) is 0 Å². The van der Waals surface area contributed by atoms with E-state index in [1.54, 1.807) is 0 Å². The summed E-state index contributed by atoms with van der Waals surface area (Å²) in [5.41, 5.74) is -0.482. The molecule has 2 heterocycles. The third-order valence-corrected chi connectivity index (χ3v) is 4.89. The van der Waals surface area contributed by atoms with Gasteiger partial charge in [0, 0.05) is 24.9 Å². The molecule has 21 heavy (non-hydrogen) atoms. The van der Waals surface area contributed by atoms with E-state index in [-0.39, 0.29) is 0 Å². The highest BCUT2D eigenvalue weighted by atomic mass is 16.3. The largest absolute Gasteiger partial charge is 0.389 e. The molecule has 0 bridgehead atoms. The van der Waals surface area contributed by atoms with Crippen molar-refractivity contribution in [1.29, 1.82) is 0 Å². The first-order valence-corrected chi connectivity index (χ1v) is 8.45. The predicted octanol–water partition coefficient (Wildman–Crippen LogP) is 2.00. The van der Waals surface area contributed by atoms with Crippen molar-refractivity contribution in [3.63, 3.8) is 0 Å². The molecular formula is C16H28N4O. The van der Waals surface area contributed by atoms with Crippen molar-refractivity contribution in [3.05, 3.63) is 11.6 Å². The van der Waals surface area contributed by atoms with Crippen LogP contribution in [-0.4, -0.2) is 38.1 Å². The zero-order valence-electron chi connectivity index (χ0n) is 13.3. The Balaban J connectivity index is 1.56. The van der Waals surface area contributed by atoms with Gasteiger partial charge in [0.25, 0.3) is 0 Å². The lowest BCUT2D eigenvalue weighted by atomic mass is 9.84. The lowest BCUT2D eigenvalue weighted by molar-refractivity contribution is 0.00155. The molecule has 0 amide bonds. The Bertz CT molecular complexity index is 477. The molecule has 0 unspecified atom stereocenters.